The summed E-state index contributed by atoms with van der Waals surface area (Å²) < 4.78 is 0. The predicted molar refractivity (Wildman–Crippen MR) is 74.7 cm³/mol. The molecule has 0 saturated carbocycles. The maximum absolute atomic E-state index is 5.93. The van der Waals surface area contributed by atoms with Gasteiger partial charge in [0.2, 0.25) is 0 Å². The smallest absolute Gasteiger partial charge is 0.136 e. The molecule has 18 heavy (non-hydrogen) atoms. The van der Waals surface area contributed by atoms with Crippen LogP contribution in [0.3, 0.4) is 0 Å². The summed E-state index contributed by atoms with van der Waals surface area (Å²) in [5, 5.41) is 0. The first-order chi connectivity index (χ1) is 8.61. The number of nitrogens with zero attached hydrogens (tertiary/aromatic N) is 2. The summed E-state index contributed by atoms with van der Waals surface area (Å²) in [4.78, 5) is 8.04. The molecule has 1 aromatic heterocycles. The molecule has 4 N–H and O–H groups in total. The molecular formula is C14H16N4. The van der Waals surface area contributed by atoms with Crippen LogP contribution in [-0.2, 0) is 0 Å². The van der Waals surface area contributed by atoms with Crippen LogP contribution in [0.1, 0.15) is 25.0 Å². The van der Waals surface area contributed by atoms with E-state index in [-0.39, 0.29) is 0 Å². The summed E-state index contributed by atoms with van der Waals surface area (Å²) in [7, 11) is 0. The minimum Gasteiger partial charge on any atom is -0.383 e. The van der Waals surface area contributed by atoms with E-state index in [2.05, 4.69) is 9.97 Å². The highest BCUT2D eigenvalue weighted by Crippen LogP contribution is 2.32. The van der Waals surface area contributed by atoms with Gasteiger partial charge in [-0.3, -0.25) is 0 Å². The second-order valence-electron chi connectivity index (χ2n) is 4.26. The minimum absolute atomic E-state index is 0.405. The van der Waals surface area contributed by atoms with Gasteiger partial charge in [-0.25, -0.2) is 9.97 Å². The highest BCUT2D eigenvalue weighted by atomic mass is 15.0. The molecule has 0 fully saturated rings. The lowest BCUT2D eigenvalue weighted by Crippen LogP contribution is -2.06. The monoisotopic (exact) mass is 240 g/mol. The SMILES string of the molecule is CC(C)=C(c1ccccc1)c1c(N)ncnc1N. The topological polar surface area (TPSA) is 77.8 Å². The van der Waals surface area contributed by atoms with E-state index < -0.39 is 0 Å². The first-order valence-corrected chi connectivity index (χ1v) is 5.70. The first kappa shape index (κ1) is 12.1. The first-order valence-electron chi connectivity index (χ1n) is 5.70. The molecule has 1 heterocycles. The maximum atomic E-state index is 5.93. The number of aromatic nitrogens is 2. The van der Waals surface area contributed by atoms with Gasteiger partial charge in [0.15, 0.2) is 0 Å². The molecule has 0 spiro atoms. The zero-order valence-corrected chi connectivity index (χ0v) is 10.5. The van der Waals surface area contributed by atoms with Gasteiger partial charge in [-0.05, 0) is 25.0 Å². The van der Waals surface area contributed by atoms with Crippen molar-refractivity contribution in [3.63, 3.8) is 0 Å². The number of anilines is 2. The van der Waals surface area contributed by atoms with Crippen LogP contribution in [0.4, 0.5) is 11.6 Å². The van der Waals surface area contributed by atoms with Crippen molar-refractivity contribution in [2.24, 2.45) is 0 Å². The predicted octanol–water partition coefficient (Wildman–Crippen LogP) is 2.48. The molecule has 4 heteroatoms. The molecular weight excluding hydrogens is 224 g/mol. The Labute approximate surface area is 106 Å². The van der Waals surface area contributed by atoms with E-state index in [0.717, 1.165) is 16.7 Å². The van der Waals surface area contributed by atoms with Gasteiger partial charge in [0.05, 0.1) is 5.56 Å². The summed E-state index contributed by atoms with van der Waals surface area (Å²) >= 11 is 0. The third-order valence-electron chi connectivity index (χ3n) is 2.72. The number of benzene rings is 1. The van der Waals surface area contributed by atoms with Gasteiger partial charge >= 0.3 is 0 Å². The van der Waals surface area contributed by atoms with Gasteiger partial charge in [-0.15, -0.1) is 0 Å². The largest absolute Gasteiger partial charge is 0.383 e. The van der Waals surface area contributed by atoms with E-state index in [1.165, 1.54) is 6.33 Å². The standard InChI is InChI=1S/C14H16N4/c1-9(2)11(10-6-4-3-5-7-10)12-13(15)17-8-18-14(12)16/h3-8H,1-2H3,(H4,15,16,17,18). The fourth-order valence-corrected chi connectivity index (χ4v) is 1.96. The Kier molecular flexibility index (Phi) is 3.28. The molecule has 0 bridgehead atoms. The van der Waals surface area contributed by atoms with Gasteiger partial charge in [-0.2, -0.15) is 0 Å². The Morgan fingerprint density at radius 1 is 0.944 bits per heavy atom. The van der Waals surface area contributed by atoms with Crippen molar-refractivity contribution in [2.75, 3.05) is 11.5 Å². The van der Waals surface area contributed by atoms with E-state index >= 15 is 0 Å². The summed E-state index contributed by atoms with van der Waals surface area (Å²) in [6.07, 6.45) is 1.38. The van der Waals surface area contributed by atoms with Crippen molar-refractivity contribution in [3.05, 3.63) is 53.4 Å². The van der Waals surface area contributed by atoms with Crippen LogP contribution < -0.4 is 11.5 Å². The van der Waals surface area contributed by atoms with E-state index in [4.69, 9.17) is 11.5 Å². The van der Waals surface area contributed by atoms with Crippen LogP contribution in [0.25, 0.3) is 5.57 Å². The Morgan fingerprint density at radius 3 is 2.00 bits per heavy atom. The lowest BCUT2D eigenvalue weighted by molar-refractivity contribution is 1.17. The van der Waals surface area contributed by atoms with E-state index in [0.29, 0.717) is 17.2 Å². The van der Waals surface area contributed by atoms with E-state index in [1.54, 1.807) is 0 Å². The third-order valence-corrected chi connectivity index (χ3v) is 2.72. The number of nitrogen functional groups attached to an aromatic ring is 2. The molecule has 0 unspecified atom stereocenters. The molecule has 1 aromatic carbocycles. The van der Waals surface area contributed by atoms with Gasteiger partial charge in [0, 0.05) is 0 Å². The molecule has 0 amide bonds. The Morgan fingerprint density at radius 2 is 1.50 bits per heavy atom. The number of nitrogens with two attached hydrogens (primary N) is 2. The molecule has 92 valence electrons. The molecule has 0 atom stereocenters. The zero-order valence-electron chi connectivity index (χ0n) is 10.5. The maximum Gasteiger partial charge on any atom is 0.136 e. The molecule has 2 aromatic rings. The molecule has 0 aliphatic rings. The lowest BCUT2D eigenvalue weighted by atomic mass is 9.95. The lowest BCUT2D eigenvalue weighted by Gasteiger charge is -2.14. The van der Waals surface area contributed by atoms with Crippen molar-refractivity contribution < 1.29 is 0 Å². The highest BCUT2D eigenvalue weighted by molar-refractivity contribution is 5.90. The van der Waals surface area contributed by atoms with Crippen molar-refractivity contribution >= 4 is 17.2 Å². The number of allylic oxidation sites excluding steroid dienone is 1. The van der Waals surface area contributed by atoms with Crippen LogP contribution in [0.5, 0.6) is 0 Å². The molecule has 2 rings (SSSR count). The zero-order chi connectivity index (χ0) is 13.1. The fourth-order valence-electron chi connectivity index (χ4n) is 1.96. The Hall–Kier alpha value is -2.36. The van der Waals surface area contributed by atoms with Crippen LogP contribution >= 0.6 is 0 Å². The van der Waals surface area contributed by atoms with E-state index in [9.17, 15) is 0 Å². The molecule has 0 radical (unpaired) electrons. The van der Waals surface area contributed by atoms with Crippen molar-refractivity contribution in [1.82, 2.24) is 9.97 Å². The average Bonchev–Trinajstić information content (AvgIpc) is 2.34. The Balaban J connectivity index is 2.69. The van der Waals surface area contributed by atoms with Crippen LogP contribution in [0.15, 0.2) is 42.2 Å². The molecule has 0 aliphatic carbocycles. The van der Waals surface area contributed by atoms with Crippen LogP contribution in [0, 0.1) is 0 Å². The summed E-state index contributed by atoms with van der Waals surface area (Å²) in [6, 6.07) is 9.98. The molecule has 4 nitrogen and oxygen atoms in total. The van der Waals surface area contributed by atoms with Gasteiger partial charge in [0.1, 0.15) is 18.0 Å². The normalized spacial score (nSPS) is 10.1. The third kappa shape index (κ3) is 2.18. The summed E-state index contributed by atoms with van der Waals surface area (Å²) in [5.41, 5.74) is 15.7. The number of hydrogen-bond donors (Lipinski definition) is 2. The van der Waals surface area contributed by atoms with Crippen LogP contribution in [0.2, 0.25) is 0 Å². The second-order valence-corrected chi connectivity index (χ2v) is 4.26. The molecule has 0 aliphatic heterocycles. The van der Waals surface area contributed by atoms with Crippen LogP contribution in [-0.4, -0.2) is 9.97 Å². The van der Waals surface area contributed by atoms with Gasteiger partial charge in [0.25, 0.3) is 0 Å². The van der Waals surface area contributed by atoms with Gasteiger partial charge < -0.3 is 11.5 Å². The van der Waals surface area contributed by atoms with Crippen molar-refractivity contribution in [3.8, 4) is 0 Å². The molecule has 0 saturated heterocycles. The minimum atomic E-state index is 0.405. The summed E-state index contributed by atoms with van der Waals surface area (Å²) in [5.74, 6) is 0.810. The number of rotatable bonds is 2. The highest BCUT2D eigenvalue weighted by Gasteiger charge is 2.14. The second kappa shape index (κ2) is 4.87. The Bertz CT molecular complexity index is 564. The fraction of sp³-hybridized carbons (Fsp3) is 0.143. The van der Waals surface area contributed by atoms with Gasteiger partial charge in [-0.1, -0.05) is 35.9 Å². The summed E-state index contributed by atoms with van der Waals surface area (Å²) in [6.45, 7) is 4.04. The van der Waals surface area contributed by atoms with Crippen molar-refractivity contribution in [1.29, 1.82) is 0 Å². The average molecular weight is 240 g/mol. The van der Waals surface area contributed by atoms with Crippen molar-refractivity contribution in [2.45, 2.75) is 13.8 Å². The quantitative estimate of drug-likeness (QED) is 0.845. The number of hydrogen-bond acceptors (Lipinski definition) is 4. The van der Waals surface area contributed by atoms with E-state index in [1.807, 2.05) is 44.2 Å².